The number of aryl methyl sites for hydroxylation is 1. The molecule has 6 heteroatoms. The average molecular weight is 407 g/mol. The van der Waals surface area contributed by atoms with Crippen molar-refractivity contribution in [3.8, 4) is 11.3 Å². The smallest absolute Gasteiger partial charge is 0.223 e. The minimum atomic E-state index is -0.288. The van der Waals surface area contributed by atoms with E-state index in [4.69, 9.17) is 4.42 Å². The standard InChI is InChI=1S/C24H26FN3O2/c25-21-9-7-20(8-10-21)22-17-26-23(30-22)11-12-24(29)28-14-4-13-27(15-16-28)18-19-5-2-1-3-6-19/h1-3,5-10,17H,4,11-16,18H2. The van der Waals surface area contributed by atoms with Gasteiger partial charge in [-0.05, 0) is 36.2 Å². The fraction of sp³-hybridized carbons (Fsp3) is 0.333. The monoisotopic (exact) mass is 407 g/mol. The summed E-state index contributed by atoms with van der Waals surface area (Å²) in [4.78, 5) is 21.3. The number of oxazole rings is 1. The van der Waals surface area contributed by atoms with E-state index in [1.165, 1.54) is 17.7 Å². The van der Waals surface area contributed by atoms with Crippen LogP contribution < -0.4 is 0 Å². The summed E-state index contributed by atoms with van der Waals surface area (Å²) in [5, 5.41) is 0. The van der Waals surface area contributed by atoms with Gasteiger partial charge in [-0.25, -0.2) is 9.37 Å². The molecule has 2 heterocycles. The molecule has 0 radical (unpaired) electrons. The summed E-state index contributed by atoms with van der Waals surface area (Å²) in [7, 11) is 0. The zero-order valence-electron chi connectivity index (χ0n) is 17.0. The summed E-state index contributed by atoms with van der Waals surface area (Å²) >= 11 is 0. The number of carbonyl (C=O) groups excluding carboxylic acids is 1. The normalized spacial score (nSPS) is 15.2. The fourth-order valence-corrected chi connectivity index (χ4v) is 3.77. The van der Waals surface area contributed by atoms with Crippen molar-refractivity contribution < 1.29 is 13.6 Å². The predicted molar refractivity (Wildman–Crippen MR) is 113 cm³/mol. The summed E-state index contributed by atoms with van der Waals surface area (Å²) in [6, 6.07) is 16.5. The summed E-state index contributed by atoms with van der Waals surface area (Å²) in [6.45, 7) is 4.34. The number of benzene rings is 2. The summed E-state index contributed by atoms with van der Waals surface area (Å²) < 4.78 is 18.8. The molecule has 1 aliphatic rings. The number of carbonyl (C=O) groups is 1. The van der Waals surface area contributed by atoms with Gasteiger partial charge in [0.05, 0.1) is 6.20 Å². The Balaban J connectivity index is 1.26. The van der Waals surface area contributed by atoms with Gasteiger partial charge in [0.2, 0.25) is 5.91 Å². The van der Waals surface area contributed by atoms with Crippen LogP contribution in [0.3, 0.4) is 0 Å². The van der Waals surface area contributed by atoms with Crippen molar-refractivity contribution in [1.29, 1.82) is 0 Å². The number of hydrogen-bond donors (Lipinski definition) is 0. The van der Waals surface area contributed by atoms with Crippen LogP contribution in [0.5, 0.6) is 0 Å². The number of aromatic nitrogens is 1. The highest BCUT2D eigenvalue weighted by molar-refractivity contribution is 5.76. The van der Waals surface area contributed by atoms with Gasteiger partial charge >= 0.3 is 0 Å². The van der Waals surface area contributed by atoms with Crippen LogP contribution in [0.1, 0.15) is 24.3 Å². The van der Waals surface area contributed by atoms with E-state index in [1.54, 1.807) is 18.3 Å². The molecule has 0 atom stereocenters. The molecular weight excluding hydrogens is 381 g/mol. The van der Waals surface area contributed by atoms with Crippen molar-refractivity contribution in [3.05, 3.63) is 78.1 Å². The number of amides is 1. The molecule has 3 aromatic rings. The van der Waals surface area contributed by atoms with E-state index >= 15 is 0 Å². The van der Waals surface area contributed by atoms with Gasteiger partial charge in [-0.1, -0.05) is 30.3 Å². The van der Waals surface area contributed by atoms with Crippen LogP contribution in [-0.4, -0.2) is 46.9 Å². The fourth-order valence-electron chi connectivity index (χ4n) is 3.77. The Morgan fingerprint density at radius 2 is 1.80 bits per heavy atom. The molecule has 2 aromatic carbocycles. The van der Waals surface area contributed by atoms with Crippen LogP contribution in [0, 0.1) is 5.82 Å². The van der Waals surface area contributed by atoms with E-state index in [0.29, 0.717) is 24.5 Å². The lowest BCUT2D eigenvalue weighted by atomic mass is 10.2. The minimum Gasteiger partial charge on any atom is -0.441 e. The van der Waals surface area contributed by atoms with E-state index in [-0.39, 0.29) is 11.7 Å². The maximum atomic E-state index is 13.1. The Bertz CT molecular complexity index is 956. The molecule has 1 saturated heterocycles. The second kappa shape index (κ2) is 9.67. The van der Waals surface area contributed by atoms with Crippen molar-refractivity contribution in [3.63, 3.8) is 0 Å². The Labute approximate surface area is 176 Å². The van der Waals surface area contributed by atoms with Crippen LogP contribution in [0.4, 0.5) is 4.39 Å². The van der Waals surface area contributed by atoms with Crippen molar-refractivity contribution in [2.24, 2.45) is 0 Å². The molecule has 0 aliphatic carbocycles. The highest BCUT2D eigenvalue weighted by Crippen LogP contribution is 2.21. The first-order valence-electron chi connectivity index (χ1n) is 10.4. The molecule has 30 heavy (non-hydrogen) atoms. The molecule has 0 bridgehead atoms. The van der Waals surface area contributed by atoms with E-state index in [1.807, 2.05) is 11.0 Å². The number of hydrogen-bond acceptors (Lipinski definition) is 4. The number of halogens is 1. The highest BCUT2D eigenvalue weighted by atomic mass is 19.1. The molecule has 1 aliphatic heterocycles. The predicted octanol–water partition coefficient (Wildman–Crippen LogP) is 4.15. The maximum Gasteiger partial charge on any atom is 0.223 e. The lowest BCUT2D eigenvalue weighted by molar-refractivity contribution is -0.131. The maximum absolute atomic E-state index is 13.1. The largest absolute Gasteiger partial charge is 0.441 e. The first-order valence-corrected chi connectivity index (χ1v) is 10.4. The van der Waals surface area contributed by atoms with Crippen molar-refractivity contribution in [2.45, 2.75) is 25.8 Å². The van der Waals surface area contributed by atoms with Gasteiger partial charge in [-0.15, -0.1) is 0 Å². The van der Waals surface area contributed by atoms with Gasteiger partial charge in [0.25, 0.3) is 0 Å². The molecule has 1 amide bonds. The van der Waals surface area contributed by atoms with E-state index in [2.05, 4.69) is 34.1 Å². The molecule has 1 aromatic heterocycles. The highest BCUT2D eigenvalue weighted by Gasteiger charge is 2.20. The van der Waals surface area contributed by atoms with Crippen molar-refractivity contribution >= 4 is 5.91 Å². The van der Waals surface area contributed by atoms with Crippen molar-refractivity contribution in [1.82, 2.24) is 14.8 Å². The Hall–Kier alpha value is -2.99. The van der Waals surface area contributed by atoms with Crippen molar-refractivity contribution in [2.75, 3.05) is 26.2 Å². The Kier molecular flexibility index (Phi) is 6.54. The van der Waals surface area contributed by atoms with E-state index in [0.717, 1.165) is 44.7 Å². The average Bonchev–Trinajstić information content (AvgIpc) is 3.12. The summed E-state index contributed by atoms with van der Waals surface area (Å²) in [6.07, 6.45) is 3.44. The Morgan fingerprint density at radius 1 is 1.00 bits per heavy atom. The quantitative estimate of drug-likeness (QED) is 0.616. The third-order valence-electron chi connectivity index (χ3n) is 5.43. The zero-order chi connectivity index (χ0) is 20.8. The van der Waals surface area contributed by atoms with Crippen LogP contribution in [0.2, 0.25) is 0 Å². The summed E-state index contributed by atoms with van der Waals surface area (Å²) in [5.41, 5.74) is 2.07. The molecule has 4 rings (SSSR count). The first-order chi connectivity index (χ1) is 14.7. The summed E-state index contributed by atoms with van der Waals surface area (Å²) in [5.74, 6) is 0.967. The van der Waals surface area contributed by atoms with Gasteiger partial charge in [-0.3, -0.25) is 9.69 Å². The second-order valence-electron chi connectivity index (χ2n) is 7.62. The zero-order valence-corrected chi connectivity index (χ0v) is 17.0. The van der Waals surface area contributed by atoms with E-state index in [9.17, 15) is 9.18 Å². The lowest BCUT2D eigenvalue weighted by Gasteiger charge is -2.22. The number of nitrogens with zero attached hydrogens (tertiary/aromatic N) is 3. The molecule has 0 N–H and O–H groups in total. The molecule has 0 unspecified atom stereocenters. The van der Waals surface area contributed by atoms with Gasteiger partial charge in [0.15, 0.2) is 11.7 Å². The third-order valence-corrected chi connectivity index (χ3v) is 5.43. The topological polar surface area (TPSA) is 49.6 Å². The van der Waals surface area contributed by atoms with Crippen LogP contribution in [0.15, 0.2) is 65.2 Å². The SMILES string of the molecule is O=C(CCc1ncc(-c2ccc(F)cc2)o1)N1CCCN(Cc2ccccc2)CC1. The molecule has 5 nitrogen and oxygen atoms in total. The lowest BCUT2D eigenvalue weighted by Crippen LogP contribution is -2.35. The van der Waals surface area contributed by atoms with E-state index < -0.39 is 0 Å². The van der Waals surface area contributed by atoms with Crippen LogP contribution >= 0.6 is 0 Å². The molecule has 1 fully saturated rings. The molecule has 0 saturated carbocycles. The molecule has 0 spiro atoms. The molecule has 156 valence electrons. The number of rotatable bonds is 6. The minimum absolute atomic E-state index is 0.137. The third kappa shape index (κ3) is 5.33. The van der Waals surface area contributed by atoms with Gasteiger partial charge in [-0.2, -0.15) is 0 Å². The van der Waals surface area contributed by atoms with Gasteiger partial charge < -0.3 is 9.32 Å². The van der Waals surface area contributed by atoms with Gasteiger partial charge in [0.1, 0.15) is 5.82 Å². The van der Waals surface area contributed by atoms with Gasteiger partial charge in [0, 0.05) is 51.1 Å². The Morgan fingerprint density at radius 3 is 2.60 bits per heavy atom. The van der Waals surface area contributed by atoms with Crippen LogP contribution in [0.25, 0.3) is 11.3 Å². The molecular formula is C24H26FN3O2. The first kappa shape index (κ1) is 20.3. The second-order valence-corrected chi connectivity index (χ2v) is 7.62. The van der Waals surface area contributed by atoms with Crippen LogP contribution in [-0.2, 0) is 17.8 Å².